The summed E-state index contributed by atoms with van der Waals surface area (Å²) in [6.45, 7) is 0. The van der Waals surface area contributed by atoms with Gasteiger partial charge in [0.05, 0.1) is 11.9 Å². The molecule has 0 saturated heterocycles. The molecule has 2 rings (SSSR count). The van der Waals surface area contributed by atoms with E-state index in [1.807, 2.05) is 0 Å². The standard InChI is InChI=1S/C12H8Br2ClO4P/c13-9-1-5-11(6-2-9)17-20(16,19-15)18-12-7-3-10(14)4-8-12/h1-8H. The second-order valence-electron chi connectivity index (χ2n) is 3.61. The van der Waals surface area contributed by atoms with Crippen molar-refractivity contribution < 1.29 is 17.7 Å². The van der Waals surface area contributed by atoms with Crippen molar-refractivity contribution in [1.82, 2.24) is 0 Å². The highest BCUT2D eigenvalue weighted by Crippen LogP contribution is 2.50. The molecule has 0 atom stereocenters. The molecule has 0 aliphatic carbocycles. The minimum Gasteiger partial charge on any atom is -0.394 e. The van der Waals surface area contributed by atoms with Gasteiger partial charge in [-0.2, -0.15) is 4.08 Å². The van der Waals surface area contributed by atoms with Gasteiger partial charge in [-0.25, -0.2) is 4.57 Å². The largest absolute Gasteiger partial charge is 0.604 e. The van der Waals surface area contributed by atoms with Gasteiger partial charge in [0.15, 0.2) is 0 Å². The Morgan fingerprint density at radius 1 is 0.800 bits per heavy atom. The summed E-state index contributed by atoms with van der Waals surface area (Å²) in [6, 6.07) is 13.4. The Morgan fingerprint density at radius 3 is 1.45 bits per heavy atom. The number of hydrogen-bond acceptors (Lipinski definition) is 4. The lowest BCUT2D eigenvalue weighted by Gasteiger charge is -2.15. The van der Waals surface area contributed by atoms with E-state index >= 15 is 0 Å². The Balaban J connectivity index is 2.14. The normalized spacial score (nSPS) is 11.2. The molecule has 0 spiro atoms. The van der Waals surface area contributed by atoms with Crippen molar-refractivity contribution in [1.29, 1.82) is 0 Å². The molecule has 0 aliphatic heterocycles. The average molecular weight is 442 g/mol. The Bertz CT molecular complexity index is 567. The first-order valence-electron chi connectivity index (χ1n) is 5.31. The lowest BCUT2D eigenvalue weighted by molar-refractivity contribution is 0.308. The highest BCUT2D eigenvalue weighted by molar-refractivity contribution is 9.10. The van der Waals surface area contributed by atoms with Crippen LogP contribution in [0.5, 0.6) is 11.5 Å². The monoisotopic (exact) mass is 440 g/mol. The van der Waals surface area contributed by atoms with Crippen LogP contribution in [0.1, 0.15) is 0 Å². The lowest BCUT2D eigenvalue weighted by atomic mass is 10.3. The zero-order valence-corrected chi connectivity index (χ0v) is 14.7. The summed E-state index contributed by atoms with van der Waals surface area (Å²) < 4.78 is 28.7. The summed E-state index contributed by atoms with van der Waals surface area (Å²) in [5.41, 5.74) is 0. The predicted octanol–water partition coefficient (Wildman–Crippen LogP) is 5.95. The van der Waals surface area contributed by atoms with Crippen molar-refractivity contribution in [2.75, 3.05) is 0 Å². The molecule has 0 saturated carbocycles. The van der Waals surface area contributed by atoms with Crippen molar-refractivity contribution >= 4 is 51.5 Å². The van der Waals surface area contributed by atoms with Crippen molar-refractivity contribution in [3.05, 3.63) is 57.5 Å². The molecular formula is C12H8Br2ClO4P. The fourth-order valence-electron chi connectivity index (χ4n) is 1.30. The van der Waals surface area contributed by atoms with E-state index < -0.39 is 7.82 Å². The summed E-state index contributed by atoms with van der Waals surface area (Å²) in [4.78, 5) is 0. The van der Waals surface area contributed by atoms with Gasteiger partial charge in [-0.05, 0) is 48.5 Å². The van der Waals surface area contributed by atoms with Gasteiger partial charge in [0.2, 0.25) is 0 Å². The van der Waals surface area contributed by atoms with E-state index in [2.05, 4.69) is 35.9 Å². The van der Waals surface area contributed by atoms with E-state index in [1.165, 1.54) is 0 Å². The molecule has 0 amide bonds. The fourth-order valence-corrected chi connectivity index (χ4v) is 2.85. The first-order valence-corrected chi connectivity index (χ1v) is 8.67. The lowest BCUT2D eigenvalue weighted by Crippen LogP contribution is -2.00. The summed E-state index contributed by atoms with van der Waals surface area (Å²) in [6.07, 6.45) is 0. The molecule has 0 radical (unpaired) electrons. The Kier molecular flexibility index (Phi) is 5.52. The van der Waals surface area contributed by atoms with Crippen LogP contribution in [0.15, 0.2) is 57.5 Å². The summed E-state index contributed by atoms with van der Waals surface area (Å²) >= 11 is 11.8. The van der Waals surface area contributed by atoms with Crippen LogP contribution in [0.2, 0.25) is 0 Å². The van der Waals surface area contributed by atoms with Gasteiger partial charge in [0.1, 0.15) is 11.5 Å². The van der Waals surface area contributed by atoms with E-state index in [1.54, 1.807) is 48.5 Å². The Morgan fingerprint density at radius 2 is 1.15 bits per heavy atom. The molecule has 0 N–H and O–H groups in total. The molecule has 106 valence electrons. The topological polar surface area (TPSA) is 44.8 Å². The minimum absolute atomic E-state index is 0.314. The molecule has 0 fully saturated rings. The molecule has 0 aromatic heterocycles. The van der Waals surface area contributed by atoms with E-state index in [0.29, 0.717) is 11.5 Å². The number of hydrogen-bond donors (Lipinski definition) is 0. The van der Waals surface area contributed by atoms with Crippen molar-refractivity contribution in [2.24, 2.45) is 0 Å². The van der Waals surface area contributed by atoms with Crippen LogP contribution < -0.4 is 9.05 Å². The SMILES string of the molecule is O=P(OCl)(Oc1ccc(Br)cc1)Oc1ccc(Br)cc1. The van der Waals surface area contributed by atoms with Gasteiger partial charge >= 0.3 is 7.82 Å². The molecule has 20 heavy (non-hydrogen) atoms. The van der Waals surface area contributed by atoms with Crippen LogP contribution in [0.25, 0.3) is 0 Å². The number of halogens is 3. The molecule has 4 nitrogen and oxygen atoms in total. The summed E-state index contributed by atoms with van der Waals surface area (Å²) in [7, 11) is -3.94. The highest BCUT2D eigenvalue weighted by atomic mass is 79.9. The second kappa shape index (κ2) is 6.96. The van der Waals surface area contributed by atoms with Crippen LogP contribution in [-0.4, -0.2) is 0 Å². The van der Waals surface area contributed by atoms with Gasteiger partial charge in [-0.15, -0.1) is 0 Å². The van der Waals surface area contributed by atoms with Crippen molar-refractivity contribution in [2.45, 2.75) is 0 Å². The third kappa shape index (κ3) is 4.50. The van der Waals surface area contributed by atoms with Crippen molar-refractivity contribution in [3.63, 3.8) is 0 Å². The number of benzene rings is 2. The maximum absolute atomic E-state index is 12.3. The maximum Gasteiger partial charge on any atom is 0.604 e. The van der Waals surface area contributed by atoms with Gasteiger partial charge in [-0.1, -0.05) is 31.9 Å². The molecule has 2 aromatic carbocycles. The highest BCUT2D eigenvalue weighted by Gasteiger charge is 2.31. The molecular weight excluding hydrogens is 434 g/mol. The smallest absolute Gasteiger partial charge is 0.394 e. The third-order valence-corrected chi connectivity index (χ3v) is 4.75. The zero-order chi connectivity index (χ0) is 14.6. The van der Waals surface area contributed by atoms with Crippen LogP contribution in [0, 0.1) is 0 Å². The molecule has 8 heteroatoms. The number of rotatable bonds is 5. The van der Waals surface area contributed by atoms with Crippen LogP contribution in [0.4, 0.5) is 0 Å². The van der Waals surface area contributed by atoms with Crippen molar-refractivity contribution in [3.8, 4) is 11.5 Å². The molecule has 0 heterocycles. The first-order chi connectivity index (χ1) is 9.50. The van der Waals surface area contributed by atoms with Crippen LogP contribution in [0.3, 0.4) is 0 Å². The van der Waals surface area contributed by atoms with Gasteiger partial charge in [-0.3, -0.25) is 0 Å². The van der Waals surface area contributed by atoms with E-state index in [9.17, 15) is 4.57 Å². The van der Waals surface area contributed by atoms with E-state index in [-0.39, 0.29) is 0 Å². The van der Waals surface area contributed by atoms with Crippen LogP contribution in [-0.2, 0) is 8.64 Å². The maximum atomic E-state index is 12.3. The van der Waals surface area contributed by atoms with Gasteiger partial charge in [0.25, 0.3) is 0 Å². The molecule has 0 aliphatic rings. The zero-order valence-electron chi connectivity index (χ0n) is 9.83. The van der Waals surface area contributed by atoms with Gasteiger partial charge < -0.3 is 9.05 Å². The number of phosphoric ester groups is 1. The summed E-state index contributed by atoms with van der Waals surface area (Å²) in [5, 5.41) is 0. The van der Waals surface area contributed by atoms with E-state index in [0.717, 1.165) is 8.95 Å². The summed E-state index contributed by atoms with van der Waals surface area (Å²) in [5.74, 6) is 0.628. The Labute approximate surface area is 138 Å². The number of phosphoric acid groups is 1. The third-order valence-electron chi connectivity index (χ3n) is 2.15. The molecule has 2 aromatic rings. The predicted molar refractivity (Wildman–Crippen MR) is 84.1 cm³/mol. The van der Waals surface area contributed by atoms with E-state index in [4.69, 9.17) is 20.9 Å². The second-order valence-corrected chi connectivity index (χ2v) is 7.25. The van der Waals surface area contributed by atoms with Crippen LogP contribution >= 0.6 is 51.5 Å². The fraction of sp³-hybridized carbons (Fsp3) is 0. The average Bonchev–Trinajstić information content (AvgIpc) is 2.44. The molecule has 0 unspecified atom stereocenters. The Hall–Kier alpha value is -0.520. The first kappa shape index (κ1) is 15.9. The quantitative estimate of drug-likeness (QED) is 0.537. The minimum atomic E-state index is -3.94. The van der Waals surface area contributed by atoms with Gasteiger partial charge in [0, 0.05) is 8.95 Å². The molecule has 0 bridgehead atoms.